The highest BCUT2D eigenvalue weighted by molar-refractivity contribution is 5.83. The standard InChI is InChI=1S/C21H19N5O2/c1-15(17-10-9-16-5-2-3-6-18(16)11-17)23-21(27)13-28-20-8-4-7-19(12-20)26-14-22-24-25-26/h2-12,14-15H,13H2,1H3,(H,23,27)/t15-/m1/s1. The molecule has 1 heterocycles. The molecule has 1 N–H and O–H groups in total. The van der Waals surface area contributed by atoms with Gasteiger partial charge in [0.15, 0.2) is 6.61 Å². The van der Waals surface area contributed by atoms with E-state index in [4.69, 9.17) is 4.74 Å². The first-order chi connectivity index (χ1) is 13.7. The number of nitrogens with zero attached hydrogens (tertiary/aromatic N) is 4. The number of ether oxygens (including phenoxy) is 1. The Morgan fingerprint density at radius 2 is 1.93 bits per heavy atom. The van der Waals surface area contributed by atoms with Gasteiger partial charge in [-0.2, -0.15) is 0 Å². The fourth-order valence-electron chi connectivity index (χ4n) is 2.99. The van der Waals surface area contributed by atoms with Gasteiger partial charge in [-0.05, 0) is 51.9 Å². The summed E-state index contributed by atoms with van der Waals surface area (Å²) in [6.45, 7) is 1.89. The van der Waals surface area contributed by atoms with Gasteiger partial charge >= 0.3 is 0 Å². The summed E-state index contributed by atoms with van der Waals surface area (Å²) < 4.78 is 7.14. The second kappa shape index (κ2) is 7.87. The molecule has 0 spiro atoms. The molecule has 3 aromatic carbocycles. The summed E-state index contributed by atoms with van der Waals surface area (Å²) in [5.74, 6) is 0.384. The fraction of sp³-hybridized carbons (Fsp3) is 0.143. The second-order valence-corrected chi connectivity index (χ2v) is 6.44. The molecular formula is C21H19N5O2. The van der Waals surface area contributed by atoms with E-state index in [0.717, 1.165) is 16.6 Å². The highest BCUT2D eigenvalue weighted by Crippen LogP contribution is 2.20. The van der Waals surface area contributed by atoms with Gasteiger partial charge < -0.3 is 10.1 Å². The summed E-state index contributed by atoms with van der Waals surface area (Å²) in [5.41, 5.74) is 1.81. The van der Waals surface area contributed by atoms with Crippen molar-refractivity contribution in [2.75, 3.05) is 6.61 Å². The lowest BCUT2D eigenvalue weighted by atomic mass is 10.0. The monoisotopic (exact) mass is 373 g/mol. The average Bonchev–Trinajstić information content (AvgIpc) is 3.27. The molecule has 28 heavy (non-hydrogen) atoms. The van der Waals surface area contributed by atoms with Gasteiger partial charge in [0.2, 0.25) is 0 Å². The number of nitrogens with one attached hydrogen (secondary N) is 1. The van der Waals surface area contributed by atoms with Gasteiger partial charge in [0, 0.05) is 6.07 Å². The van der Waals surface area contributed by atoms with Crippen molar-refractivity contribution < 1.29 is 9.53 Å². The smallest absolute Gasteiger partial charge is 0.258 e. The van der Waals surface area contributed by atoms with Gasteiger partial charge in [-0.15, -0.1) is 5.10 Å². The summed E-state index contributed by atoms with van der Waals surface area (Å²) in [7, 11) is 0. The Morgan fingerprint density at radius 1 is 1.07 bits per heavy atom. The summed E-state index contributed by atoms with van der Waals surface area (Å²) in [6.07, 6.45) is 1.50. The molecule has 140 valence electrons. The Kier molecular flexibility index (Phi) is 4.97. The molecule has 0 saturated carbocycles. The zero-order valence-electron chi connectivity index (χ0n) is 15.3. The molecule has 1 aromatic heterocycles. The van der Waals surface area contributed by atoms with E-state index < -0.39 is 0 Å². The average molecular weight is 373 g/mol. The maximum Gasteiger partial charge on any atom is 0.258 e. The highest BCUT2D eigenvalue weighted by Gasteiger charge is 2.11. The first-order valence-electron chi connectivity index (χ1n) is 8.93. The summed E-state index contributed by atoms with van der Waals surface area (Å²) in [6, 6.07) is 21.5. The Bertz CT molecular complexity index is 1090. The van der Waals surface area contributed by atoms with E-state index in [1.165, 1.54) is 16.4 Å². The highest BCUT2D eigenvalue weighted by atomic mass is 16.5. The molecule has 1 atom stereocenters. The minimum Gasteiger partial charge on any atom is -0.484 e. The number of tetrazole rings is 1. The number of hydrogen-bond acceptors (Lipinski definition) is 5. The lowest BCUT2D eigenvalue weighted by Crippen LogP contribution is -2.31. The fourth-order valence-corrected chi connectivity index (χ4v) is 2.99. The number of aromatic nitrogens is 4. The van der Waals surface area contributed by atoms with Crippen LogP contribution in [0.3, 0.4) is 0 Å². The van der Waals surface area contributed by atoms with Gasteiger partial charge in [0.25, 0.3) is 5.91 Å². The Balaban J connectivity index is 1.37. The number of benzene rings is 3. The Labute approximate surface area is 161 Å². The normalized spacial score (nSPS) is 11.9. The molecule has 7 nitrogen and oxygen atoms in total. The molecule has 0 aliphatic heterocycles. The van der Waals surface area contributed by atoms with Gasteiger partial charge in [-0.1, -0.05) is 42.5 Å². The Hall–Kier alpha value is -3.74. The van der Waals surface area contributed by atoms with Crippen LogP contribution in [0.5, 0.6) is 5.75 Å². The van der Waals surface area contributed by atoms with Crippen molar-refractivity contribution in [1.82, 2.24) is 25.5 Å². The van der Waals surface area contributed by atoms with Crippen molar-refractivity contribution in [1.29, 1.82) is 0 Å². The lowest BCUT2D eigenvalue weighted by Gasteiger charge is -2.15. The number of amides is 1. The Morgan fingerprint density at radius 3 is 2.75 bits per heavy atom. The van der Waals surface area contributed by atoms with E-state index in [2.05, 4.69) is 45.1 Å². The van der Waals surface area contributed by atoms with Gasteiger partial charge in [-0.3, -0.25) is 4.79 Å². The SMILES string of the molecule is C[C@@H](NC(=O)COc1cccc(-n2cnnn2)c1)c1ccc2ccccc2c1. The second-order valence-electron chi connectivity index (χ2n) is 6.44. The van der Waals surface area contributed by atoms with Crippen molar-refractivity contribution >= 4 is 16.7 Å². The van der Waals surface area contributed by atoms with Crippen LogP contribution in [0.4, 0.5) is 0 Å². The van der Waals surface area contributed by atoms with Crippen LogP contribution in [0.25, 0.3) is 16.5 Å². The van der Waals surface area contributed by atoms with Crippen molar-refractivity contribution in [2.45, 2.75) is 13.0 Å². The molecule has 4 aromatic rings. The largest absolute Gasteiger partial charge is 0.484 e. The molecule has 0 aliphatic rings. The summed E-state index contributed by atoms with van der Waals surface area (Å²) >= 11 is 0. The number of carbonyl (C=O) groups excluding carboxylic acids is 1. The molecule has 7 heteroatoms. The van der Waals surface area contributed by atoms with Crippen LogP contribution in [0, 0.1) is 0 Å². The van der Waals surface area contributed by atoms with Gasteiger partial charge in [0.1, 0.15) is 12.1 Å². The van der Waals surface area contributed by atoms with Crippen molar-refractivity contribution in [2.24, 2.45) is 0 Å². The molecule has 1 amide bonds. The van der Waals surface area contributed by atoms with E-state index in [0.29, 0.717) is 5.75 Å². The third-order valence-corrected chi connectivity index (χ3v) is 4.45. The molecule has 0 saturated heterocycles. The molecule has 0 fully saturated rings. The van der Waals surface area contributed by atoms with E-state index in [-0.39, 0.29) is 18.6 Å². The van der Waals surface area contributed by atoms with E-state index in [1.54, 1.807) is 12.1 Å². The van der Waals surface area contributed by atoms with Crippen LogP contribution < -0.4 is 10.1 Å². The zero-order valence-corrected chi connectivity index (χ0v) is 15.3. The van der Waals surface area contributed by atoms with Crippen LogP contribution in [0.15, 0.2) is 73.1 Å². The molecule has 0 bridgehead atoms. The number of fused-ring (bicyclic) bond motifs is 1. The maximum absolute atomic E-state index is 12.3. The van der Waals surface area contributed by atoms with Crippen LogP contribution in [0.1, 0.15) is 18.5 Å². The molecule has 0 unspecified atom stereocenters. The molecular weight excluding hydrogens is 354 g/mol. The molecule has 0 aliphatic carbocycles. The predicted octanol–water partition coefficient (Wildman–Crippen LogP) is 3.07. The van der Waals surface area contributed by atoms with Crippen LogP contribution >= 0.6 is 0 Å². The lowest BCUT2D eigenvalue weighted by molar-refractivity contribution is -0.123. The number of hydrogen-bond donors (Lipinski definition) is 1. The van der Waals surface area contributed by atoms with E-state index in [9.17, 15) is 4.79 Å². The van der Waals surface area contributed by atoms with Gasteiger partial charge in [0.05, 0.1) is 11.7 Å². The minimum absolute atomic E-state index is 0.0724. The molecule has 0 radical (unpaired) electrons. The zero-order chi connectivity index (χ0) is 19.3. The van der Waals surface area contributed by atoms with Crippen molar-refractivity contribution in [3.63, 3.8) is 0 Å². The third-order valence-electron chi connectivity index (χ3n) is 4.45. The first kappa shape index (κ1) is 17.7. The molecule has 4 rings (SSSR count). The topological polar surface area (TPSA) is 81.9 Å². The van der Waals surface area contributed by atoms with Crippen LogP contribution in [0.2, 0.25) is 0 Å². The first-order valence-corrected chi connectivity index (χ1v) is 8.93. The van der Waals surface area contributed by atoms with Crippen molar-refractivity contribution in [3.05, 3.63) is 78.6 Å². The predicted molar refractivity (Wildman–Crippen MR) is 105 cm³/mol. The van der Waals surface area contributed by atoms with Gasteiger partial charge in [-0.25, -0.2) is 4.68 Å². The maximum atomic E-state index is 12.3. The third kappa shape index (κ3) is 3.98. The van der Waals surface area contributed by atoms with Crippen molar-refractivity contribution in [3.8, 4) is 11.4 Å². The quantitative estimate of drug-likeness (QED) is 0.562. The van der Waals surface area contributed by atoms with E-state index in [1.807, 2.05) is 37.3 Å². The number of carbonyl (C=O) groups is 1. The summed E-state index contributed by atoms with van der Waals surface area (Å²) in [5, 5.41) is 16.4. The van der Waals surface area contributed by atoms with Crippen LogP contribution in [-0.2, 0) is 4.79 Å². The van der Waals surface area contributed by atoms with Crippen LogP contribution in [-0.4, -0.2) is 32.7 Å². The minimum atomic E-state index is -0.187. The number of rotatable bonds is 6. The van der Waals surface area contributed by atoms with E-state index >= 15 is 0 Å². The summed E-state index contributed by atoms with van der Waals surface area (Å²) in [4.78, 5) is 12.3.